The number of hydrogen-bond donors (Lipinski definition) is 1. The number of pyridine rings is 1. The Labute approximate surface area is 136 Å². The van der Waals surface area contributed by atoms with Crippen LogP contribution in [0.4, 0.5) is 5.69 Å². The second kappa shape index (κ2) is 6.44. The standard InChI is InChI=1S/C18H22N2O3/c1-11-9-15(14-5-4-6-16(22-2)17(14)19-11)20-13-8-7-12(10-13)18(21)23-3/h4-6,9,12-13H,7-8,10H2,1-3H3,(H,19,20)/t12-,13+/m0/s1. The quantitative estimate of drug-likeness (QED) is 0.877. The second-order valence-corrected chi connectivity index (χ2v) is 6.04. The van der Waals surface area contributed by atoms with Gasteiger partial charge in [0, 0.05) is 22.8 Å². The number of aryl methyl sites for hydroxylation is 1. The Morgan fingerprint density at radius 2 is 2.13 bits per heavy atom. The number of rotatable bonds is 4. The summed E-state index contributed by atoms with van der Waals surface area (Å²) in [5.74, 6) is 0.668. The second-order valence-electron chi connectivity index (χ2n) is 6.04. The van der Waals surface area contributed by atoms with Gasteiger partial charge in [-0.2, -0.15) is 0 Å². The first-order valence-corrected chi connectivity index (χ1v) is 7.91. The van der Waals surface area contributed by atoms with Gasteiger partial charge < -0.3 is 14.8 Å². The van der Waals surface area contributed by atoms with Gasteiger partial charge in [0.2, 0.25) is 0 Å². The van der Waals surface area contributed by atoms with E-state index in [0.717, 1.165) is 47.3 Å². The Hall–Kier alpha value is -2.30. The molecule has 1 heterocycles. The molecule has 2 atom stereocenters. The Balaban J connectivity index is 1.88. The van der Waals surface area contributed by atoms with Crippen LogP contribution in [0.25, 0.3) is 10.9 Å². The highest BCUT2D eigenvalue weighted by molar-refractivity contribution is 5.95. The van der Waals surface area contributed by atoms with Crippen LogP contribution in [-0.4, -0.2) is 31.2 Å². The maximum absolute atomic E-state index is 11.7. The first kappa shape index (κ1) is 15.6. The SMILES string of the molecule is COC(=O)[C@H]1CC[C@@H](Nc2cc(C)nc3c(OC)cccc23)C1. The van der Waals surface area contributed by atoms with Crippen molar-refractivity contribution in [2.45, 2.75) is 32.2 Å². The van der Waals surface area contributed by atoms with Crippen LogP contribution < -0.4 is 10.1 Å². The molecule has 1 aromatic carbocycles. The number of hydrogen-bond acceptors (Lipinski definition) is 5. The van der Waals surface area contributed by atoms with Crippen LogP contribution in [0.2, 0.25) is 0 Å². The average molecular weight is 314 g/mol. The van der Waals surface area contributed by atoms with Gasteiger partial charge in [0.05, 0.1) is 20.1 Å². The lowest BCUT2D eigenvalue weighted by Crippen LogP contribution is -2.19. The first-order chi connectivity index (χ1) is 11.1. The predicted molar refractivity (Wildman–Crippen MR) is 89.8 cm³/mol. The Bertz CT molecular complexity index is 730. The van der Waals surface area contributed by atoms with E-state index in [0.29, 0.717) is 0 Å². The van der Waals surface area contributed by atoms with Gasteiger partial charge in [0.25, 0.3) is 0 Å². The number of esters is 1. The first-order valence-electron chi connectivity index (χ1n) is 7.91. The number of anilines is 1. The molecule has 1 aromatic heterocycles. The third-order valence-electron chi connectivity index (χ3n) is 4.48. The zero-order valence-corrected chi connectivity index (χ0v) is 13.8. The maximum Gasteiger partial charge on any atom is 0.308 e. The van der Waals surface area contributed by atoms with Gasteiger partial charge >= 0.3 is 5.97 Å². The third-order valence-corrected chi connectivity index (χ3v) is 4.48. The molecule has 0 radical (unpaired) electrons. The lowest BCUT2D eigenvalue weighted by Gasteiger charge is -2.17. The molecule has 1 aliphatic rings. The van der Waals surface area contributed by atoms with E-state index in [-0.39, 0.29) is 17.9 Å². The summed E-state index contributed by atoms with van der Waals surface area (Å²) in [5.41, 5.74) is 2.84. The van der Waals surface area contributed by atoms with Crippen LogP contribution in [0.15, 0.2) is 24.3 Å². The normalized spacial score (nSPS) is 20.5. The van der Waals surface area contributed by atoms with E-state index >= 15 is 0 Å². The Morgan fingerprint density at radius 1 is 1.30 bits per heavy atom. The van der Waals surface area contributed by atoms with Crippen molar-refractivity contribution in [1.29, 1.82) is 0 Å². The molecular formula is C18H22N2O3. The minimum atomic E-state index is -0.105. The monoisotopic (exact) mass is 314 g/mol. The summed E-state index contributed by atoms with van der Waals surface area (Å²) in [4.78, 5) is 16.3. The van der Waals surface area contributed by atoms with Crippen LogP contribution in [-0.2, 0) is 9.53 Å². The van der Waals surface area contributed by atoms with Crippen LogP contribution in [0.5, 0.6) is 5.75 Å². The van der Waals surface area contributed by atoms with Crippen LogP contribution in [0.3, 0.4) is 0 Å². The molecule has 0 aliphatic heterocycles. The van der Waals surface area contributed by atoms with Gasteiger partial charge in [-0.1, -0.05) is 12.1 Å². The molecular weight excluding hydrogens is 292 g/mol. The molecule has 2 aromatic rings. The van der Waals surface area contributed by atoms with Gasteiger partial charge in [-0.25, -0.2) is 4.98 Å². The fraction of sp³-hybridized carbons (Fsp3) is 0.444. The van der Waals surface area contributed by atoms with Gasteiger partial charge in [-0.05, 0) is 38.3 Å². The number of carbonyl (C=O) groups excluding carboxylic acids is 1. The third kappa shape index (κ3) is 3.09. The molecule has 23 heavy (non-hydrogen) atoms. The highest BCUT2D eigenvalue weighted by Crippen LogP contribution is 2.33. The fourth-order valence-corrected chi connectivity index (χ4v) is 3.35. The number of nitrogens with one attached hydrogen (secondary N) is 1. The highest BCUT2D eigenvalue weighted by Gasteiger charge is 2.30. The number of carbonyl (C=O) groups is 1. The number of ether oxygens (including phenoxy) is 2. The summed E-state index contributed by atoms with van der Waals surface area (Å²) in [7, 11) is 3.11. The Morgan fingerprint density at radius 3 is 2.87 bits per heavy atom. The van der Waals surface area contributed by atoms with Crippen molar-refractivity contribution in [3.63, 3.8) is 0 Å². The largest absolute Gasteiger partial charge is 0.494 e. The van der Waals surface area contributed by atoms with E-state index in [1.165, 1.54) is 7.11 Å². The zero-order chi connectivity index (χ0) is 16.4. The van der Waals surface area contributed by atoms with E-state index in [4.69, 9.17) is 9.47 Å². The lowest BCUT2D eigenvalue weighted by atomic mass is 10.1. The maximum atomic E-state index is 11.7. The average Bonchev–Trinajstić information content (AvgIpc) is 3.02. The van der Waals surface area contributed by atoms with Crippen molar-refractivity contribution >= 4 is 22.6 Å². The predicted octanol–water partition coefficient (Wildman–Crippen LogP) is 3.31. The van der Waals surface area contributed by atoms with Gasteiger partial charge in [-0.15, -0.1) is 0 Å². The molecule has 0 spiro atoms. The van der Waals surface area contributed by atoms with Crippen molar-refractivity contribution in [2.75, 3.05) is 19.5 Å². The van der Waals surface area contributed by atoms with E-state index < -0.39 is 0 Å². The minimum Gasteiger partial charge on any atom is -0.494 e. The summed E-state index contributed by atoms with van der Waals surface area (Å²) < 4.78 is 10.3. The molecule has 5 heteroatoms. The van der Waals surface area contributed by atoms with E-state index in [1.54, 1.807) is 7.11 Å². The molecule has 5 nitrogen and oxygen atoms in total. The molecule has 1 N–H and O–H groups in total. The smallest absolute Gasteiger partial charge is 0.308 e. The molecule has 122 valence electrons. The Kier molecular flexibility index (Phi) is 4.37. The fourth-order valence-electron chi connectivity index (χ4n) is 3.35. The molecule has 3 rings (SSSR count). The van der Waals surface area contributed by atoms with Crippen molar-refractivity contribution < 1.29 is 14.3 Å². The molecule has 0 bridgehead atoms. The molecule has 1 fully saturated rings. The molecule has 0 saturated heterocycles. The van der Waals surface area contributed by atoms with Crippen LogP contribution in [0.1, 0.15) is 25.0 Å². The number of nitrogens with zero attached hydrogens (tertiary/aromatic N) is 1. The zero-order valence-electron chi connectivity index (χ0n) is 13.8. The molecule has 0 unspecified atom stereocenters. The van der Waals surface area contributed by atoms with Crippen molar-refractivity contribution in [1.82, 2.24) is 4.98 Å². The van der Waals surface area contributed by atoms with Crippen molar-refractivity contribution in [2.24, 2.45) is 5.92 Å². The summed E-state index contributed by atoms with van der Waals surface area (Å²) in [6.45, 7) is 1.98. The molecule has 0 amide bonds. The van der Waals surface area contributed by atoms with Gasteiger partial charge in [-0.3, -0.25) is 4.79 Å². The summed E-state index contributed by atoms with van der Waals surface area (Å²) >= 11 is 0. The number of benzene rings is 1. The van der Waals surface area contributed by atoms with E-state index in [2.05, 4.69) is 10.3 Å². The lowest BCUT2D eigenvalue weighted by molar-refractivity contribution is -0.145. The van der Waals surface area contributed by atoms with Gasteiger partial charge in [0.1, 0.15) is 11.3 Å². The van der Waals surface area contributed by atoms with Crippen LogP contribution in [0, 0.1) is 12.8 Å². The number of fused-ring (bicyclic) bond motifs is 1. The minimum absolute atomic E-state index is 0.00114. The van der Waals surface area contributed by atoms with Crippen molar-refractivity contribution in [3.05, 3.63) is 30.0 Å². The van der Waals surface area contributed by atoms with Gasteiger partial charge in [0.15, 0.2) is 0 Å². The highest BCUT2D eigenvalue weighted by atomic mass is 16.5. The van der Waals surface area contributed by atoms with E-state index in [1.807, 2.05) is 31.2 Å². The topological polar surface area (TPSA) is 60.5 Å². The number of para-hydroxylation sites is 1. The molecule has 1 aliphatic carbocycles. The summed E-state index contributed by atoms with van der Waals surface area (Å²) in [6.07, 6.45) is 2.64. The molecule has 1 saturated carbocycles. The number of methoxy groups -OCH3 is 2. The summed E-state index contributed by atoms with van der Waals surface area (Å²) in [6, 6.07) is 8.25. The van der Waals surface area contributed by atoms with Crippen molar-refractivity contribution in [3.8, 4) is 5.75 Å². The van der Waals surface area contributed by atoms with Crippen LogP contribution >= 0.6 is 0 Å². The summed E-state index contributed by atoms with van der Waals surface area (Å²) in [5, 5.41) is 4.62. The number of aromatic nitrogens is 1. The van der Waals surface area contributed by atoms with E-state index in [9.17, 15) is 4.79 Å².